The lowest BCUT2D eigenvalue weighted by atomic mass is 10.3. The normalized spacial score (nSPS) is 12.1. The maximum Gasteiger partial charge on any atom is 0.471 e. The van der Waals surface area contributed by atoms with Gasteiger partial charge in [-0.3, -0.25) is 9.05 Å². The molecule has 0 saturated carbocycles. The lowest BCUT2D eigenvalue weighted by Crippen LogP contribution is -1.82. The summed E-state index contributed by atoms with van der Waals surface area (Å²) in [4.78, 5) is 3.50. The molecule has 0 amide bonds. The molecule has 0 unspecified atom stereocenters. The second-order valence-corrected chi connectivity index (χ2v) is 4.20. The van der Waals surface area contributed by atoms with Crippen LogP contribution in [-0.2, 0) is 13.6 Å². The van der Waals surface area contributed by atoms with Gasteiger partial charge in [-0.05, 0) is 12.1 Å². The van der Waals surface area contributed by atoms with Gasteiger partial charge in [0.2, 0.25) is 0 Å². The van der Waals surface area contributed by atoms with Crippen LogP contribution in [0.2, 0.25) is 0 Å². The van der Waals surface area contributed by atoms with E-state index in [9.17, 15) is 4.57 Å². The zero-order valence-electron chi connectivity index (χ0n) is 7.95. The Bertz CT molecular complexity index is 345. The fourth-order valence-electron chi connectivity index (χ4n) is 0.749. The lowest BCUT2D eigenvalue weighted by Gasteiger charge is -2.04. The van der Waals surface area contributed by atoms with E-state index in [1.165, 1.54) is 14.2 Å². The van der Waals surface area contributed by atoms with Crippen molar-refractivity contribution in [1.82, 2.24) is 0 Å². The van der Waals surface area contributed by atoms with E-state index in [0.29, 0.717) is 5.69 Å². The molecular formula is C8H11N2O3P. The highest BCUT2D eigenvalue weighted by atomic mass is 31.2. The van der Waals surface area contributed by atoms with Crippen LogP contribution in [0.5, 0.6) is 0 Å². The van der Waals surface area contributed by atoms with E-state index in [-0.39, 0.29) is 0 Å². The number of hydrogen-bond acceptors (Lipinski definition) is 4. The van der Waals surface area contributed by atoms with Crippen molar-refractivity contribution >= 4 is 13.4 Å². The first-order valence-electron chi connectivity index (χ1n) is 3.90. The van der Waals surface area contributed by atoms with Crippen LogP contribution in [0.15, 0.2) is 40.3 Å². The van der Waals surface area contributed by atoms with Crippen LogP contribution in [0.25, 0.3) is 0 Å². The summed E-state index contributed by atoms with van der Waals surface area (Å²) in [7, 11) is -0.872. The van der Waals surface area contributed by atoms with Crippen molar-refractivity contribution in [2.75, 3.05) is 14.2 Å². The van der Waals surface area contributed by atoms with Crippen molar-refractivity contribution in [1.29, 1.82) is 0 Å². The molecule has 76 valence electrons. The molecule has 0 aliphatic heterocycles. The predicted octanol–water partition coefficient (Wildman–Crippen LogP) is 3.17. The molecule has 6 heteroatoms. The molecule has 0 atom stereocenters. The van der Waals surface area contributed by atoms with Crippen molar-refractivity contribution in [2.24, 2.45) is 10.00 Å². The van der Waals surface area contributed by atoms with Crippen LogP contribution in [0.3, 0.4) is 0 Å². The molecule has 5 nitrogen and oxygen atoms in total. The first-order chi connectivity index (χ1) is 6.70. The highest BCUT2D eigenvalue weighted by molar-refractivity contribution is 7.52. The molecule has 0 aliphatic carbocycles. The van der Waals surface area contributed by atoms with Gasteiger partial charge in [0.1, 0.15) is 0 Å². The molecule has 14 heavy (non-hydrogen) atoms. The van der Waals surface area contributed by atoms with Crippen molar-refractivity contribution < 1.29 is 13.6 Å². The Morgan fingerprint density at radius 3 is 2.21 bits per heavy atom. The molecule has 0 aromatic heterocycles. The molecule has 0 heterocycles. The maximum atomic E-state index is 11.4. The number of hydrogen-bond donors (Lipinski definition) is 0. The van der Waals surface area contributed by atoms with Gasteiger partial charge in [-0.1, -0.05) is 23.1 Å². The van der Waals surface area contributed by atoms with Crippen LogP contribution in [0.1, 0.15) is 0 Å². The van der Waals surface area contributed by atoms with E-state index in [1.807, 2.05) is 6.07 Å². The maximum absolute atomic E-state index is 11.4. The average molecular weight is 214 g/mol. The molecule has 0 spiro atoms. The van der Waals surface area contributed by atoms with Gasteiger partial charge in [0.25, 0.3) is 0 Å². The molecule has 0 bridgehead atoms. The van der Waals surface area contributed by atoms with Gasteiger partial charge in [0, 0.05) is 14.2 Å². The molecule has 0 radical (unpaired) electrons. The quantitative estimate of drug-likeness (QED) is 0.571. The summed E-state index contributed by atoms with van der Waals surface area (Å²) in [5, 5.41) is 3.73. The van der Waals surface area contributed by atoms with Crippen molar-refractivity contribution in [3.8, 4) is 0 Å². The zero-order chi connectivity index (χ0) is 10.4. The smallest absolute Gasteiger partial charge is 0.293 e. The fourth-order valence-corrected chi connectivity index (χ4v) is 1.26. The topological polar surface area (TPSA) is 60.2 Å². The molecule has 0 fully saturated rings. The highest BCUT2D eigenvalue weighted by Gasteiger charge is 2.19. The molecule has 0 saturated heterocycles. The van der Waals surface area contributed by atoms with Crippen LogP contribution < -0.4 is 0 Å². The van der Waals surface area contributed by atoms with E-state index in [1.54, 1.807) is 24.3 Å². The van der Waals surface area contributed by atoms with E-state index in [4.69, 9.17) is 0 Å². The summed E-state index contributed by atoms with van der Waals surface area (Å²) in [5.74, 6) is 0. The van der Waals surface area contributed by atoms with Gasteiger partial charge >= 0.3 is 7.75 Å². The molecule has 1 rings (SSSR count). The monoisotopic (exact) mass is 214 g/mol. The third kappa shape index (κ3) is 3.03. The Kier molecular flexibility index (Phi) is 3.95. The van der Waals surface area contributed by atoms with Crippen molar-refractivity contribution in [3.63, 3.8) is 0 Å². The number of nitrogens with zero attached hydrogens (tertiary/aromatic N) is 2. The van der Waals surface area contributed by atoms with Gasteiger partial charge in [-0.15, -0.1) is 5.11 Å². The highest BCUT2D eigenvalue weighted by Crippen LogP contribution is 2.48. The van der Waals surface area contributed by atoms with Crippen LogP contribution in [0, 0.1) is 0 Å². The Morgan fingerprint density at radius 1 is 1.14 bits per heavy atom. The predicted molar refractivity (Wildman–Crippen MR) is 52.6 cm³/mol. The summed E-state index contributed by atoms with van der Waals surface area (Å²) >= 11 is 0. The number of benzene rings is 1. The van der Waals surface area contributed by atoms with Gasteiger partial charge in [-0.25, -0.2) is 4.57 Å². The minimum absolute atomic E-state index is 0.599. The lowest BCUT2D eigenvalue weighted by molar-refractivity contribution is 0.275. The van der Waals surface area contributed by atoms with Crippen molar-refractivity contribution in [2.45, 2.75) is 0 Å². The summed E-state index contributed by atoms with van der Waals surface area (Å²) in [6.45, 7) is 0. The fraction of sp³-hybridized carbons (Fsp3) is 0.250. The van der Waals surface area contributed by atoms with E-state index < -0.39 is 7.75 Å². The second kappa shape index (κ2) is 5.00. The Hall–Kier alpha value is -1.03. The van der Waals surface area contributed by atoms with Crippen molar-refractivity contribution in [3.05, 3.63) is 30.3 Å². The SMILES string of the molecule is COP(=O)(N=Nc1ccccc1)OC. The van der Waals surface area contributed by atoms with Gasteiger partial charge in [-0.2, -0.15) is 0 Å². The minimum Gasteiger partial charge on any atom is -0.293 e. The van der Waals surface area contributed by atoms with Gasteiger partial charge in [0.15, 0.2) is 0 Å². The average Bonchev–Trinajstić information content (AvgIpc) is 2.27. The van der Waals surface area contributed by atoms with E-state index in [2.05, 4.69) is 19.0 Å². The van der Waals surface area contributed by atoms with E-state index >= 15 is 0 Å². The Labute approximate surface area is 82.4 Å². The molecule has 0 aliphatic rings. The Morgan fingerprint density at radius 2 is 1.71 bits per heavy atom. The summed E-state index contributed by atoms with van der Waals surface area (Å²) in [5.41, 5.74) is 0.599. The molecular weight excluding hydrogens is 203 g/mol. The largest absolute Gasteiger partial charge is 0.471 e. The third-order valence-electron chi connectivity index (χ3n) is 1.49. The molecule has 0 N–H and O–H groups in total. The molecule has 1 aromatic carbocycles. The van der Waals surface area contributed by atoms with Crippen LogP contribution in [-0.4, -0.2) is 14.2 Å². The van der Waals surface area contributed by atoms with Crippen LogP contribution >= 0.6 is 7.75 Å². The first-order valence-corrected chi connectivity index (χ1v) is 5.39. The summed E-state index contributed by atoms with van der Waals surface area (Å²) < 4.78 is 20.6. The van der Waals surface area contributed by atoms with Gasteiger partial charge < -0.3 is 0 Å². The summed E-state index contributed by atoms with van der Waals surface area (Å²) in [6.07, 6.45) is 0. The first kappa shape index (κ1) is 11.0. The zero-order valence-corrected chi connectivity index (χ0v) is 8.85. The number of rotatable bonds is 4. The Balaban J connectivity index is 2.78. The summed E-state index contributed by atoms with van der Waals surface area (Å²) in [6, 6.07) is 8.93. The van der Waals surface area contributed by atoms with Crippen LogP contribution in [0.4, 0.5) is 5.69 Å². The standard InChI is InChI=1S/C8H11N2O3P/c1-12-14(11,13-2)10-9-8-6-4-3-5-7-8/h3-7H,1-2H3. The second-order valence-electron chi connectivity index (χ2n) is 2.36. The molecule has 1 aromatic rings. The third-order valence-corrected chi connectivity index (χ3v) is 2.72. The van der Waals surface area contributed by atoms with Gasteiger partial charge in [0.05, 0.1) is 5.69 Å². The minimum atomic E-state index is -3.39. The van der Waals surface area contributed by atoms with E-state index in [0.717, 1.165) is 0 Å².